The van der Waals surface area contributed by atoms with Crippen molar-refractivity contribution in [3.05, 3.63) is 0 Å². The zero-order chi connectivity index (χ0) is 10.7. The molecule has 0 saturated carbocycles. The zero-order valence-electron chi connectivity index (χ0n) is 9.46. The molecule has 2 aliphatic rings. The van der Waals surface area contributed by atoms with Gasteiger partial charge < -0.3 is 10.6 Å². The van der Waals surface area contributed by atoms with Crippen LogP contribution in [0.3, 0.4) is 0 Å². The average molecular weight is 227 g/mol. The van der Waals surface area contributed by atoms with Crippen LogP contribution in [0.15, 0.2) is 0 Å². The van der Waals surface area contributed by atoms with Crippen molar-refractivity contribution in [2.24, 2.45) is 0 Å². The van der Waals surface area contributed by atoms with Crippen molar-refractivity contribution in [1.29, 1.82) is 0 Å². The molecular formula is C11H21N3S. The Morgan fingerprint density at radius 2 is 2.20 bits per heavy atom. The van der Waals surface area contributed by atoms with Crippen LogP contribution in [-0.2, 0) is 0 Å². The van der Waals surface area contributed by atoms with Crippen LogP contribution >= 0.6 is 12.2 Å². The Labute approximate surface area is 97.6 Å². The molecule has 2 N–H and O–H groups in total. The van der Waals surface area contributed by atoms with E-state index >= 15 is 0 Å². The molecule has 2 unspecified atom stereocenters. The number of piperidine rings is 1. The van der Waals surface area contributed by atoms with E-state index in [9.17, 15) is 0 Å². The molecule has 3 nitrogen and oxygen atoms in total. The van der Waals surface area contributed by atoms with Gasteiger partial charge in [-0.3, -0.25) is 4.90 Å². The number of hydrogen-bond acceptors (Lipinski definition) is 2. The summed E-state index contributed by atoms with van der Waals surface area (Å²) in [6, 6.07) is 1.31. The highest BCUT2D eigenvalue weighted by molar-refractivity contribution is 7.80. The number of hydrogen-bond donors (Lipinski definition) is 2. The van der Waals surface area contributed by atoms with E-state index in [1.54, 1.807) is 0 Å². The van der Waals surface area contributed by atoms with Gasteiger partial charge in [0.15, 0.2) is 5.11 Å². The first-order chi connectivity index (χ1) is 7.31. The van der Waals surface area contributed by atoms with E-state index in [4.69, 9.17) is 12.2 Å². The molecule has 2 atom stereocenters. The van der Waals surface area contributed by atoms with E-state index in [0.29, 0.717) is 6.04 Å². The second-order valence-electron chi connectivity index (χ2n) is 4.50. The van der Waals surface area contributed by atoms with Crippen molar-refractivity contribution in [1.82, 2.24) is 15.5 Å². The highest BCUT2D eigenvalue weighted by Crippen LogP contribution is 2.26. The van der Waals surface area contributed by atoms with E-state index < -0.39 is 0 Å². The van der Waals surface area contributed by atoms with E-state index in [2.05, 4.69) is 22.5 Å². The first-order valence-electron chi connectivity index (χ1n) is 6.09. The summed E-state index contributed by atoms with van der Waals surface area (Å²) in [4.78, 5) is 2.62. The lowest BCUT2D eigenvalue weighted by atomic mass is 9.99. The van der Waals surface area contributed by atoms with Gasteiger partial charge >= 0.3 is 0 Å². The SMILES string of the molecule is CCNC(=S)NC1CCN2CCCCC12. The van der Waals surface area contributed by atoms with Crippen molar-refractivity contribution in [3.8, 4) is 0 Å². The number of nitrogens with zero attached hydrogens (tertiary/aromatic N) is 1. The molecule has 0 aromatic heterocycles. The van der Waals surface area contributed by atoms with E-state index in [0.717, 1.165) is 17.7 Å². The Balaban J connectivity index is 1.85. The fraction of sp³-hybridized carbons (Fsp3) is 0.909. The topological polar surface area (TPSA) is 27.3 Å². The van der Waals surface area contributed by atoms with Crippen LogP contribution in [0.4, 0.5) is 0 Å². The van der Waals surface area contributed by atoms with Crippen molar-refractivity contribution in [2.45, 2.75) is 44.7 Å². The summed E-state index contributed by atoms with van der Waals surface area (Å²) < 4.78 is 0. The molecule has 0 aliphatic carbocycles. The van der Waals surface area contributed by atoms with Crippen molar-refractivity contribution >= 4 is 17.3 Å². The minimum Gasteiger partial charge on any atom is -0.363 e. The minimum atomic E-state index is 0.580. The Kier molecular flexibility index (Phi) is 3.81. The summed E-state index contributed by atoms with van der Waals surface area (Å²) in [5.41, 5.74) is 0. The summed E-state index contributed by atoms with van der Waals surface area (Å²) in [7, 11) is 0. The second kappa shape index (κ2) is 5.12. The molecule has 0 aromatic carbocycles. The molecule has 0 bridgehead atoms. The van der Waals surface area contributed by atoms with Gasteiger partial charge in [0.25, 0.3) is 0 Å². The molecule has 15 heavy (non-hydrogen) atoms. The van der Waals surface area contributed by atoms with Crippen LogP contribution in [0.2, 0.25) is 0 Å². The van der Waals surface area contributed by atoms with Gasteiger partial charge in [0.1, 0.15) is 0 Å². The lowest BCUT2D eigenvalue weighted by molar-refractivity contribution is 0.185. The molecule has 2 saturated heterocycles. The minimum absolute atomic E-state index is 0.580. The summed E-state index contributed by atoms with van der Waals surface area (Å²) in [6.45, 7) is 5.52. The van der Waals surface area contributed by atoms with Crippen LogP contribution in [0.5, 0.6) is 0 Å². The molecule has 0 radical (unpaired) electrons. The molecule has 2 fully saturated rings. The third-order valence-electron chi connectivity index (χ3n) is 3.51. The number of thiocarbonyl (C=S) groups is 1. The predicted molar refractivity (Wildman–Crippen MR) is 67.0 cm³/mol. The summed E-state index contributed by atoms with van der Waals surface area (Å²) in [5, 5.41) is 7.46. The molecule has 0 amide bonds. The highest BCUT2D eigenvalue weighted by atomic mass is 32.1. The van der Waals surface area contributed by atoms with Gasteiger partial charge in [0.2, 0.25) is 0 Å². The van der Waals surface area contributed by atoms with Crippen LogP contribution in [-0.4, -0.2) is 41.7 Å². The number of rotatable bonds is 2. The fourth-order valence-electron chi connectivity index (χ4n) is 2.80. The van der Waals surface area contributed by atoms with E-state index in [1.165, 1.54) is 38.8 Å². The smallest absolute Gasteiger partial charge is 0.166 e. The van der Waals surface area contributed by atoms with Gasteiger partial charge in [0.05, 0.1) is 0 Å². The fourth-order valence-corrected chi connectivity index (χ4v) is 3.09. The monoisotopic (exact) mass is 227 g/mol. The summed E-state index contributed by atoms with van der Waals surface area (Å²) in [6.07, 6.45) is 5.34. The van der Waals surface area contributed by atoms with Gasteiger partial charge in [-0.05, 0) is 44.9 Å². The Morgan fingerprint density at radius 1 is 1.33 bits per heavy atom. The molecule has 2 rings (SSSR count). The normalized spacial score (nSPS) is 31.0. The molecule has 0 spiro atoms. The molecule has 4 heteroatoms. The van der Waals surface area contributed by atoms with Crippen molar-refractivity contribution in [2.75, 3.05) is 19.6 Å². The lowest BCUT2D eigenvalue weighted by Gasteiger charge is -2.33. The second-order valence-corrected chi connectivity index (χ2v) is 4.91. The van der Waals surface area contributed by atoms with Crippen molar-refractivity contribution < 1.29 is 0 Å². The van der Waals surface area contributed by atoms with Gasteiger partial charge in [-0.15, -0.1) is 0 Å². The molecule has 2 aliphatic heterocycles. The van der Waals surface area contributed by atoms with Crippen molar-refractivity contribution in [3.63, 3.8) is 0 Å². The van der Waals surface area contributed by atoms with Crippen LogP contribution in [0.1, 0.15) is 32.6 Å². The molecule has 0 aromatic rings. The third kappa shape index (κ3) is 2.61. The summed E-state index contributed by atoms with van der Waals surface area (Å²) in [5.74, 6) is 0. The maximum Gasteiger partial charge on any atom is 0.166 e. The number of fused-ring (bicyclic) bond motifs is 1. The van der Waals surface area contributed by atoms with Gasteiger partial charge in [0, 0.05) is 25.2 Å². The Hall–Kier alpha value is -0.350. The summed E-state index contributed by atoms with van der Waals surface area (Å²) >= 11 is 5.24. The van der Waals surface area contributed by atoms with Gasteiger partial charge in [-0.25, -0.2) is 0 Å². The quantitative estimate of drug-likeness (QED) is 0.691. The maximum atomic E-state index is 5.24. The average Bonchev–Trinajstić information content (AvgIpc) is 2.62. The standard InChI is InChI=1S/C11H21N3S/c1-2-12-11(15)13-9-6-8-14-7-4-3-5-10(9)14/h9-10H,2-8H2,1H3,(H2,12,13,15). The van der Waals surface area contributed by atoms with Crippen LogP contribution in [0.25, 0.3) is 0 Å². The first-order valence-corrected chi connectivity index (χ1v) is 6.50. The lowest BCUT2D eigenvalue weighted by Crippen LogP contribution is -2.49. The van der Waals surface area contributed by atoms with Gasteiger partial charge in [-0.2, -0.15) is 0 Å². The van der Waals surface area contributed by atoms with E-state index in [-0.39, 0.29) is 0 Å². The molecule has 86 valence electrons. The van der Waals surface area contributed by atoms with Crippen LogP contribution < -0.4 is 10.6 Å². The Bertz CT molecular complexity index is 232. The number of nitrogens with one attached hydrogen (secondary N) is 2. The Morgan fingerprint density at radius 3 is 3.00 bits per heavy atom. The third-order valence-corrected chi connectivity index (χ3v) is 3.77. The van der Waals surface area contributed by atoms with Crippen LogP contribution in [0, 0.1) is 0 Å². The molecular weight excluding hydrogens is 206 g/mol. The highest BCUT2D eigenvalue weighted by Gasteiger charge is 2.35. The zero-order valence-corrected chi connectivity index (χ0v) is 10.3. The van der Waals surface area contributed by atoms with Gasteiger partial charge in [-0.1, -0.05) is 6.42 Å². The molecule has 2 heterocycles. The predicted octanol–water partition coefficient (Wildman–Crippen LogP) is 1.10. The maximum absolute atomic E-state index is 5.24. The van der Waals surface area contributed by atoms with E-state index in [1.807, 2.05) is 0 Å². The largest absolute Gasteiger partial charge is 0.363 e. The first kappa shape index (κ1) is 11.1.